The van der Waals surface area contributed by atoms with Crippen LogP contribution in [0.5, 0.6) is 0 Å². The van der Waals surface area contributed by atoms with Crippen molar-refractivity contribution in [2.75, 3.05) is 0 Å². The molecule has 5 nitrogen and oxygen atoms in total. The van der Waals surface area contributed by atoms with Crippen molar-refractivity contribution < 1.29 is 4.79 Å². The molecule has 1 heterocycles. The van der Waals surface area contributed by atoms with Crippen LogP contribution in [0.2, 0.25) is 10.0 Å². The molecular formula is C25H19Cl2N3O2S. The fraction of sp³-hybridized carbons (Fsp3) is 0.160. The third-order valence-electron chi connectivity index (χ3n) is 5.39. The van der Waals surface area contributed by atoms with Crippen molar-refractivity contribution in [3.05, 3.63) is 98.8 Å². The standard InChI is InChI=1S/C25H19Cl2N3O2S/c26-19-13-12-17(14-20(19)27)30-24(32)18-8-4-5-9-21(18)29-25(30)33-22(15-6-2-1-3-7-15)23(31)28-16-10-11-16/h1-9,12-14,16,22H,10-11H2,(H,28,31)/t22-/m1/s1. The number of hydrogen-bond donors (Lipinski definition) is 1. The first-order valence-corrected chi connectivity index (χ1v) is 12.1. The molecule has 33 heavy (non-hydrogen) atoms. The Morgan fingerprint density at radius 3 is 2.45 bits per heavy atom. The molecule has 0 radical (unpaired) electrons. The number of benzene rings is 3. The molecule has 1 aromatic heterocycles. The molecule has 1 saturated carbocycles. The molecule has 0 saturated heterocycles. The summed E-state index contributed by atoms with van der Waals surface area (Å²) in [5.41, 5.74) is 1.69. The Balaban J connectivity index is 1.67. The first kappa shape index (κ1) is 22.0. The van der Waals surface area contributed by atoms with Crippen molar-refractivity contribution in [2.45, 2.75) is 29.3 Å². The summed E-state index contributed by atoms with van der Waals surface area (Å²) in [5.74, 6) is -0.100. The van der Waals surface area contributed by atoms with Gasteiger partial charge < -0.3 is 5.32 Å². The Morgan fingerprint density at radius 1 is 1.00 bits per heavy atom. The number of aromatic nitrogens is 2. The van der Waals surface area contributed by atoms with E-state index in [0.717, 1.165) is 18.4 Å². The lowest BCUT2D eigenvalue weighted by atomic mass is 10.1. The molecule has 1 aliphatic carbocycles. The van der Waals surface area contributed by atoms with Crippen molar-refractivity contribution in [2.24, 2.45) is 0 Å². The smallest absolute Gasteiger partial charge is 0.266 e. The lowest BCUT2D eigenvalue weighted by Gasteiger charge is -2.19. The fourth-order valence-corrected chi connectivity index (χ4v) is 4.97. The van der Waals surface area contributed by atoms with Crippen LogP contribution in [-0.4, -0.2) is 21.5 Å². The molecule has 1 N–H and O–H groups in total. The van der Waals surface area contributed by atoms with Gasteiger partial charge in [0, 0.05) is 6.04 Å². The number of nitrogens with zero attached hydrogens (tertiary/aromatic N) is 2. The first-order chi connectivity index (χ1) is 16.0. The van der Waals surface area contributed by atoms with Gasteiger partial charge in [-0.15, -0.1) is 0 Å². The topological polar surface area (TPSA) is 64.0 Å². The SMILES string of the molecule is O=C(NC1CC1)[C@H](Sc1nc2ccccc2c(=O)n1-c1ccc(Cl)c(Cl)c1)c1ccccc1. The summed E-state index contributed by atoms with van der Waals surface area (Å²) in [7, 11) is 0. The minimum atomic E-state index is -0.575. The van der Waals surface area contributed by atoms with Crippen LogP contribution in [0, 0.1) is 0 Å². The molecule has 4 aromatic rings. The molecule has 166 valence electrons. The zero-order valence-corrected chi connectivity index (χ0v) is 19.7. The van der Waals surface area contributed by atoms with E-state index in [9.17, 15) is 9.59 Å². The molecule has 8 heteroatoms. The van der Waals surface area contributed by atoms with Gasteiger partial charge in [0.1, 0.15) is 5.25 Å². The molecule has 0 aliphatic heterocycles. The highest BCUT2D eigenvalue weighted by atomic mass is 35.5. The highest BCUT2D eigenvalue weighted by Crippen LogP contribution is 2.37. The monoisotopic (exact) mass is 495 g/mol. The molecule has 1 aliphatic rings. The number of fused-ring (bicyclic) bond motifs is 1. The van der Waals surface area contributed by atoms with Crippen LogP contribution in [-0.2, 0) is 4.79 Å². The molecule has 0 spiro atoms. The maximum Gasteiger partial charge on any atom is 0.266 e. The van der Waals surface area contributed by atoms with Gasteiger partial charge in [-0.2, -0.15) is 0 Å². The molecule has 0 bridgehead atoms. The molecule has 1 fully saturated rings. The second-order valence-electron chi connectivity index (χ2n) is 7.84. The van der Waals surface area contributed by atoms with Crippen LogP contribution in [0.4, 0.5) is 0 Å². The largest absolute Gasteiger partial charge is 0.352 e. The number of thioether (sulfide) groups is 1. The molecule has 5 rings (SSSR count). The second kappa shape index (κ2) is 9.21. The lowest BCUT2D eigenvalue weighted by Crippen LogP contribution is -2.30. The number of para-hydroxylation sites is 1. The van der Waals surface area contributed by atoms with Crippen molar-refractivity contribution in [3.63, 3.8) is 0 Å². The zero-order valence-electron chi connectivity index (χ0n) is 17.4. The molecular weight excluding hydrogens is 477 g/mol. The van der Waals surface area contributed by atoms with Crippen molar-refractivity contribution in [3.8, 4) is 5.69 Å². The number of amides is 1. The Bertz CT molecular complexity index is 1400. The van der Waals surface area contributed by atoms with E-state index in [0.29, 0.717) is 31.8 Å². The average Bonchev–Trinajstić information content (AvgIpc) is 3.64. The molecule has 1 atom stereocenters. The molecule has 0 unspecified atom stereocenters. The first-order valence-electron chi connectivity index (χ1n) is 10.5. The predicted molar refractivity (Wildman–Crippen MR) is 134 cm³/mol. The van der Waals surface area contributed by atoms with Crippen LogP contribution < -0.4 is 10.9 Å². The quantitative estimate of drug-likeness (QED) is 0.271. The van der Waals surface area contributed by atoms with Crippen LogP contribution in [0.3, 0.4) is 0 Å². The number of carbonyl (C=O) groups excluding carboxylic acids is 1. The summed E-state index contributed by atoms with van der Waals surface area (Å²) >= 11 is 13.6. The van der Waals surface area contributed by atoms with Crippen molar-refractivity contribution in [1.29, 1.82) is 0 Å². The van der Waals surface area contributed by atoms with Crippen LogP contribution in [0.15, 0.2) is 82.7 Å². The van der Waals surface area contributed by atoms with Crippen molar-refractivity contribution in [1.82, 2.24) is 14.9 Å². The molecule has 3 aromatic carbocycles. The van der Waals surface area contributed by atoms with Gasteiger partial charge in [-0.05, 0) is 48.7 Å². The van der Waals surface area contributed by atoms with Gasteiger partial charge in [0.2, 0.25) is 5.91 Å². The Kier molecular flexibility index (Phi) is 6.15. The number of nitrogens with one attached hydrogen (secondary N) is 1. The van der Waals surface area contributed by atoms with E-state index >= 15 is 0 Å². The van der Waals surface area contributed by atoms with E-state index in [4.69, 9.17) is 28.2 Å². The summed E-state index contributed by atoms with van der Waals surface area (Å²) < 4.78 is 1.50. The summed E-state index contributed by atoms with van der Waals surface area (Å²) in [4.78, 5) is 31.5. The van der Waals surface area contributed by atoms with E-state index in [1.165, 1.54) is 16.3 Å². The highest BCUT2D eigenvalue weighted by Gasteiger charge is 2.30. The Morgan fingerprint density at radius 2 is 1.73 bits per heavy atom. The maximum absolute atomic E-state index is 13.6. The highest BCUT2D eigenvalue weighted by molar-refractivity contribution is 8.00. The summed E-state index contributed by atoms with van der Waals surface area (Å²) in [5, 5.41) is 4.11. The molecule has 1 amide bonds. The van der Waals surface area contributed by atoms with Gasteiger partial charge in [-0.25, -0.2) is 4.98 Å². The lowest BCUT2D eigenvalue weighted by molar-refractivity contribution is -0.120. The summed E-state index contributed by atoms with van der Waals surface area (Å²) in [6, 6.07) is 21.9. The zero-order chi connectivity index (χ0) is 22.9. The second-order valence-corrected chi connectivity index (χ2v) is 9.73. The number of carbonyl (C=O) groups is 1. The Labute approximate surface area is 204 Å². The van der Waals surface area contributed by atoms with E-state index < -0.39 is 5.25 Å². The van der Waals surface area contributed by atoms with Crippen molar-refractivity contribution >= 4 is 51.8 Å². The van der Waals surface area contributed by atoms with Gasteiger partial charge in [0.25, 0.3) is 5.56 Å². The van der Waals surface area contributed by atoms with Crippen LogP contribution in [0.25, 0.3) is 16.6 Å². The van der Waals surface area contributed by atoms with Gasteiger partial charge >= 0.3 is 0 Å². The van der Waals surface area contributed by atoms with Crippen LogP contribution in [0.1, 0.15) is 23.7 Å². The van der Waals surface area contributed by atoms with E-state index in [2.05, 4.69) is 5.32 Å². The third-order valence-corrected chi connectivity index (χ3v) is 7.34. The number of halogens is 2. The normalized spacial score (nSPS) is 14.2. The number of hydrogen-bond acceptors (Lipinski definition) is 4. The Hall–Kier alpha value is -2.80. The van der Waals surface area contributed by atoms with E-state index in [-0.39, 0.29) is 17.5 Å². The average molecular weight is 496 g/mol. The van der Waals surface area contributed by atoms with Gasteiger partial charge in [0.05, 0.1) is 26.6 Å². The van der Waals surface area contributed by atoms with Crippen LogP contribution >= 0.6 is 35.0 Å². The van der Waals surface area contributed by atoms with Gasteiger partial charge in [-0.1, -0.05) is 77.4 Å². The summed E-state index contributed by atoms with van der Waals surface area (Å²) in [6.45, 7) is 0. The van der Waals surface area contributed by atoms with Gasteiger partial charge in [-0.3, -0.25) is 14.2 Å². The minimum absolute atomic E-state index is 0.100. The van der Waals surface area contributed by atoms with E-state index in [1.807, 2.05) is 36.4 Å². The fourth-order valence-electron chi connectivity index (χ4n) is 3.55. The predicted octanol–water partition coefficient (Wildman–Crippen LogP) is 5.80. The van der Waals surface area contributed by atoms with Gasteiger partial charge in [0.15, 0.2) is 5.16 Å². The third kappa shape index (κ3) is 4.64. The minimum Gasteiger partial charge on any atom is -0.352 e. The maximum atomic E-state index is 13.6. The number of rotatable bonds is 6. The summed E-state index contributed by atoms with van der Waals surface area (Å²) in [6.07, 6.45) is 1.97. The van der Waals surface area contributed by atoms with E-state index in [1.54, 1.807) is 36.4 Å².